The van der Waals surface area contributed by atoms with Gasteiger partial charge in [-0.05, 0) is 26.3 Å². The van der Waals surface area contributed by atoms with E-state index in [9.17, 15) is 4.79 Å². The monoisotopic (exact) mass is 219 g/mol. The number of amides is 1. The van der Waals surface area contributed by atoms with Crippen LogP contribution < -0.4 is 5.32 Å². The zero-order chi connectivity index (χ0) is 12.3. The second-order valence-electron chi connectivity index (χ2n) is 4.22. The van der Waals surface area contributed by atoms with Crippen LogP contribution in [0, 0.1) is 12.3 Å². The van der Waals surface area contributed by atoms with Gasteiger partial charge in [0.05, 0.1) is 11.2 Å². The number of hydrogen-bond acceptors (Lipinski definition) is 2. The van der Waals surface area contributed by atoms with Gasteiger partial charge in [0.2, 0.25) is 0 Å². The molecule has 1 amide bonds. The molecular weight excluding hydrogens is 202 g/mol. The van der Waals surface area contributed by atoms with Crippen molar-refractivity contribution in [2.24, 2.45) is 7.05 Å². The van der Waals surface area contributed by atoms with Crippen molar-refractivity contribution in [3.05, 3.63) is 17.5 Å². The van der Waals surface area contributed by atoms with Crippen molar-refractivity contribution in [1.82, 2.24) is 15.1 Å². The fourth-order valence-electron chi connectivity index (χ4n) is 1.30. The molecule has 1 rings (SSSR count). The third kappa shape index (κ3) is 2.63. The Morgan fingerprint density at radius 3 is 2.75 bits per heavy atom. The first-order chi connectivity index (χ1) is 7.39. The molecule has 4 heteroatoms. The van der Waals surface area contributed by atoms with E-state index in [1.807, 2.05) is 6.92 Å². The molecule has 0 spiro atoms. The number of carbonyl (C=O) groups excluding carboxylic acids is 1. The number of aromatic nitrogens is 2. The van der Waals surface area contributed by atoms with Crippen molar-refractivity contribution in [2.75, 3.05) is 0 Å². The Morgan fingerprint density at radius 1 is 1.69 bits per heavy atom. The second-order valence-corrected chi connectivity index (χ2v) is 4.22. The highest BCUT2D eigenvalue weighted by Crippen LogP contribution is 2.06. The summed E-state index contributed by atoms with van der Waals surface area (Å²) in [7, 11) is 1.75. The van der Waals surface area contributed by atoms with Crippen LogP contribution in [0.3, 0.4) is 0 Å². The number of carbonyl (C=O) groups is 1. The van der Waals surface area contributed by atoms with E-state index in [-0.39, 0.29) is 5.91 Å². The maximum Gasteiger partial charge on any atom is 0.270 e. The molecule has 0 aliphatic heterocycles. The molecule has 0 atom stereocenters. The molecule has 1 N–H and O–H groups in total. The second kappa shape index (κ2) is 4.40. The quantitative estimate of drug-likeness (QED) is 0.774. The minimum absolute atomic E-state index is 0.197. The normalized spacial score (nSPS) is 10.9. The number of terminal acetylenes is 1. The van der Waals surface area contributed by atoms with Gasteiger partial charge < -0.3 is 5.32 Å². The largest absolute Gasteiger partial charge is 0.335 e. The summed E-state index contributed by atoms with van der Waals surface area (Å²) in [4.78, 5) is 11.9. The Kier molecular flexibility index (Phi) is 3.38. The Bertz CT molecular complexity index is 438. The first-order valence-corrected chi connectivity index (χ1v) is 5.23. The molecular formula is C12H17N3O. The van der Waals surface area contributed by atoms with E-state index >= 15 is 0 Å². The first-order valence-electron chi connectivity index (χ1n) is 5.23. The molecule has 0 bridgehead atoms. The van der Waals surface area contributed by atoms with Gasteiger partial charge in [0.15, 0.2) is 0 Å². The van der Waals surface area contributed by atoms with Crippen molar-refractivity contribution in [2.45, 2.75) is 32.7 Å². The Hall–Kier alpha value is -1.76. The summed E-state index contributed by atoms with van der Waals surface area (Å²) in [5.74, 6) is 2.32. The summed E-state index contributed by atoms with van der Waals surface area (Å²) in [5, 5.41) is 6.97. The highest BCUT2D eigenvalue weighted by atomic mass is 16.2. The zero-order valence-corrected chi connectivity index (χ0v) is 10.2. The minimum Gasteiger partial charge on any atom is -0.335 e. The molecule has 4 nitrogen and oxygen atoms in total. The summed E-state index contributed by atoms with van der Waals surface area (Å²) in [6.45, 7) is 5.55. The van der Waals surface area contributed by atoms with Crippen LogP contribution in [0.5, 0.6) is 0 Å². The lowest BCUT2D eigenvalue weighted by Crippen LogP contribution is -2.42. The fraction of sp³-hybridized carbons (Fsp3) is 0.500. The van der Waals surface area contributed by atoms with Crippen LogP contribution >= 0.6 is 0 Å². The first kappa shape index (κ1) is 12.3. The SMILES string of the molecule is C#CC(C)(C)NC(=O)c1cc(CC)nn1C. The van der Waals surface area contributed by atoms with Crippen LogP contribution in [0.15, 0.2) is 6.07 Å². The van der Waals surface area contributed by atoms with Gasteiger partial charge in [0.1, 0.15) is 5.69 Å². The van der Waals surface area contributed by atoms with E-state index in [4.69, 9.17) is 6.42 Å². The summed E-state index contributed by atoms with van der Waals surface area (Å²) >= 11 is 0. The average molecular weight is 219 g/mol. The van der Waals surface area contributed by atoms with Gasteiger partial charge in [-0.2, -0.15) is 5.10 Å². The molecule has 0 aromatic carbocycles. The van der Waals surface area contributed by atoms with Crippen molar-refractivity contribution in [1.29, 1.82) is 0 Å². The number of rotatable bonds is 3. The van der Waals surface area contributed by atoms with Crippen LogP contribution in [0.4, 0.5) is 0 Å². The van der Waals surface area contributed by atoms with Gasteiger partial charge in [0, 0.05) is 7.05 Å². The van der Waals surface area contributed by atoms with Gasteiger partial charge in [-0.25, -0.2) is 0 Å². The number of aryl methyl sites for hydroxylation is 2. The lowest BCUT2D eigenvalue weighted by molar-refractivity contribution is 0.0920. The summed E-state index contributed by atoms with van der Waals surface area (Å²) in [6.07, 6.45) is 6.12. The van der Waals surface area contributed by atoms with Crippen molar-refractivity contribution < 1.29 is 4.79 Å². The molecule has 1 aromatic heterocycles. The van der Waals surface area contributed by atoms with Gasteiger partial charge in [-0.3, -0.25) is 9.48 Å². The number of hydrogen-bond donors (Lipinski definition) is 1. The number of nitrogens with zero attached hydrogens (tertiary/aromatic N) is 2. The molecule has 16 heavy (non-hydrogen) atoms. The van der Waals surface area contributed by atoms with Gasteiger partial charge in [0.25, 0.3) is 5.91 Å². The third-order valence-electron chi connectivity index (χ3n) is 2.31. The molecule has 1 aromatic rings. The summed E-state index contributed by atoms with van der Waals surface area (Å²) in [5.41, 5.74) is 0.777. The molecule has 86 valence electrons. The van der Waals surface area contributed by atoms with E-state index in [0.717, 1.165) is 12.1 Å². The molecule has 0 fully saturated rings. The van der Waals surface area contributed by atoms with Crippen LogP contribution in [-0.4, -0.2) is 21.2 Å². The highest BCUT2D eigenvalue weighted by Gasteiger charge is 2.20. The maximum atomic E-state index is 11.9. The van der Waals surface area contributed by atoms with Crippen molar-refractivity contribution in [3.8, 4) is 12.3 Å². The standard InChI is InChI=1S/C12H17N3O/c1-6-9-8-10(15(5)14-9)11(16)13-12(3,4)7-2/h2,8H,6H2,1,3-5H3,(H,13,16). The van der Waals surface area contributed by atoms with Crippen LogP contribution in [0.2, 0.25) is 0 Å². The van der Waals surface area contributed by atoms with Crippen LogP contribution in [0.25, 0.3) is 0 Å². The predicted molar refractivity (Wildman–Crippen MR) is 63.0 cm³/mol. The van der Waals surface area contributed by atoms with E-state index in [2.05, 4.69) is 16.3 Å². The van der Waals surface area contributed by atoms with E-state index in [1.54, 1.807) is 31.6 Å². The summed E-state index contributed by atoms with van der Waals surface area (Å²) < 4.78 is 1.57. The van der Waals surface area contributed by atoms with Gasteiger partial charge in [-0.15, -0.1) is 6.42 Å². The van der Waals surface area contributed by atoms with Crippen LogP contribution in [-0.2, 0) is 13.5 Å². The minimum atomic E-state index is -0.645. The number of nitrogens with one attached hydrogen (secondary N) is 1. The smallest absolute Gasteiger partial charge is 0.270 e. The lowest BCUT2D eigenvalue weighted by Gasteiger charge is -2.19. The third-order valence-corrected chi connectivity index (χ3v) is 2.31. The fourth-order valence-corrected chi connectivity index (χ4v) is 1.30. The van der Waals surface area contributed by atoms with Gasteiger partial charge in [-0.1, -0.05) is 12.8 Å². The Balaban J connectivity index is 2.90. The molecule has 0 unspecified atom stereocenters. The molecule has 0 saturated heterocycles. The Morgan fingerprint density at radius 2 is 2.31 bits per heavy atom. The maximum absolute atomic E-state index is 11.9. The molecule has 0 radical (unpaired) electrons. The average Bonchev–Trinajstić information content (AvgIpc) is 2.59. The highest BCUT2D eigenvalue weighted by molar-refractivity contribution is 5.93. The Labute approximate surface area is 96.0 Å². The van der Waals surface area contributed by atoms with E-state index in [1.165, 1.54) is 0 Å². The van der Waals surface area contributed by atoms with Crippen molar-refractivity contribution >= 4 is 5.91 Å². The van der Waals surface area contributed by atoms with Gasteiger partial charge >= 0.3 is 0 Å². The van der Waals surface area contributed by atoms with E-state index in [0.29, 0.717) is 5.69 Å². The van der Waals surface area contributed by atoms with Crippen molar-refractivity contribution in [3.63, 3.8) is 0 Å². The molecule has 0 aliphatic rings. The topological polar surface area (TPSA) is 46.9 Å². The zero-order valence-electron chi connectivity index (χ0n) is 10.2. The molecule has 0 aliphatic carbocycles. The van der Waals surface area contributed by atoms with Crippen LogP contribution in [0.1, 0.15) is 37.0 Å². The lowest BCUT2D eigenvalue weighted by atomic mass is 10.1. The summed E-state index contributed by atoms with van der Waals surface area (Å²) in [6, 6.07) is 1.78. The molecule has 0 saturated carbocycles. The molecule has 1 heterocycles. The predicted octanol–water partition coefficient (Wildman–Crippen LogP) is 1.12. The van der Waals surface area contributed by atoms with E-state index < -0.39 is 5.54 Å².